The Kier molecular flexibility index (Phi) is 5.78. The molecule has 0 saturated carbocycles. The van der Waals surface area contributed by atoms with Crippen molar-refractivity contribution in [2.24, 2.45) is 0 Å². The molecule has 0 bridgehead atoms. The van der Waals surface area contributed by atoms with Crippen molar-refractivity contribution < 1.29 is 13.6 Å². The summed E-state index contributed by atoms with van der Waals surface area (Å²) in [5.41, 5.74) is 0. The predicted molar refractivity (Wildman–Crippen MR) is 66.3 cm³/mol. The number of rotatable bonds is 7. The van der Waals surface area contributed by atoms with Gasteiger partial charge >= 0.3 is 7.60 Å². The van der Waals surface area contributed by atoms with Gasteiger partial charge in [-0.15, -0.1) is 20.4 Å². The van der Waals surface area contributed by atoms with Gasteiger partial charge in [0.1, 0.15) is 6.16 Å². The highest BCUT2D eigenvalue weighted by molar-refractivity contribution is 7.52. The first-order valence-electron chi connectivity index (χ1n) is 5.95. The Morgan fingerprint density at radius 1 is 1.06 bits per heavy atom. The van der Waals surface area contributed by atoms with Crippen LogP contribution in [0.4, 0.5) is 0 Å². The molecule has 102 valence electrons. The van der Waals surface area contributed by atoms with E-state index in [9.17, 15) is 4.57 Å². The van der Waals surface area contributed by atoms with Gasteiger partial charge in [-0.1, -0.05) is 13.8 Å². The fourth-order valence-electron chi connectivity index (χ4n) is 1.25. The molecular formula is C10H19N4O3P. The maximum atomic E-state index is 12.2. The highest BCUT2D eigenvalue weighted by atomic mass is 31.2. The van der Waals surface area contributed by atoms with Crippen molar-refractivity contribution >= 4 is 7.60 Å². The number of hydrogen-bond donors (Lipinski definition) is 0. The Morgan fingerprint density at radius 2 is 1.56 bits per heavy atom. The number of nitrogens with zero attached hydrogens (tertiary/aromatic N) is 4. The van der Waals surface area contributed by atoms with Crippen LogP contribution in [0.1, 0.15) is 45.3 Å². The van der Waals surface area contributed by atoms with E-state index >= 15 is 0 Å². The van der Waals surface area contributed by atoms with Crippen LogP contribution >= 0.6 is 7.60 Å². The Labute approximate surface area is 107 Å². The molecule has 1 aromatic rings. The Hall–Kier alpha value is -0.910. The summed E-state index contributed by atoms with van der Waals surface area (Å²) in [6, 6.07) is 0. The number of hydrogen-bond acceptors (Lipinski definition) is 7. The van der Waals surface area contributed by atoms with Crippen LogP contribution in [-0.2, 0) is 19.8 Å². The van der Waals surface area contributed by atoms with E-state index < -0.39 is 7.60 Å². The molecule has 8 heteroatoms. The molecule has 1 rings (SSSR count). The largest absolute Gasteiger partial charge is 0.338 e. The van der Waals surface area contributed by atoms with Crippen LogP contribution in [0, 0.1) is 0 Å². The van der Waals surface area contributed by atoms with Gasteiger partial charge < -0.3 is 9.05 Å². The molecule has 0 radical (unpaired) electrons. The molecule has 0 atom stereocenters. The van der Waals surface area contributed by atoms with Gasteiger partial charge in [0.2, 0.25) is 0 Å². The minimum atomic E-state index is -3.19. The first-order chi connectivity index (χ1) is 8.50. The lowest BCUT2D eigenvalue weighted by Gasteiger charge is -2.15. The summed E-state index contributed by atoms with van der Waals surface area (Å²) in [4.78, 5) is 0. The summed E-state index contributed by atoms with van der Waals surface area (Å²) in [5.74, 6) is 0.982. The van der Waals surface area contributed by atoms with Crippen molar-refractivity contribution in [2.45, 2.75) is 39.8 Å². The van der Waals surface area contributed by atoms with Gasteiger partial charge in [0.05, 0.1) is 13.2 Å². The van der Waals surface area contributed by atoms with Gasteiger partial charge in [0, 0.05) is 5.92 Å². The molecule has 1 aromatic heterocycles. The van der Waals surface area contributed by atoms with E-state index in [-0.39, 0.29) is 17.9 Å². The van der Waals surface area contributed by atoms with Gasteiger partial charge in [-0.3, -0.25) is 4.57 Å². The predicted octanol–water partition coefficient (Wildman–Crippen LogP) is 2.16. The second kappa shape index (κ2) is 6.87. The molecule has 0 N–H and O–H groups in total. The van der Waals surface area contributed by atoms with Crippen LogP contribution in [0.5, 0.6) is 0 Å². The zero-order valence-electron chi connectivity index (χ0n) is 11.2. The summed E-state index contributed by atoms with van der Waals surface area (Å²) in [5, 5.41) is 15.6. The molecule has 7 nitrogen and oxygen atoms in total. The van der Waals surface area contributed by atoms with E-state index in [1.165, 1.54) is 0 Å². The number of aromatic nitrogens is 4. The van der Waals surface area contributed by atoms with E-state index in [1.54, 1.807) is 13.8 Å². The van der Waals surface area contributed by atoms with Crippen molar-refractivity contribution in [2.75, 3.05) is 13.2 Å². The molecule has 0 saturated heterocycles. The lowest BCUT2D eigenvalue weighted by molar-refractivity contribution is 0.218. The standard InChI is InChI=1S/C10H19N4O3P/c1-5-16-18(15,17-6-2)7-9-11-13-10(8(3)4)14-12-9/h8H,5-7H2,1-4H3. The first-order valence-corrected chi connectivity index (χ1v) is 7.67. The van der Waals surface area contributed by atoms with Crippen molar-refractivity contribution in [1.82, 2.24) is 20.4 Å². The van der Waals surface area contributed by atoms with Crippen LogP contribution in [-0.4, -0.2) is 33.6 Å². The molecular weight excluding hydrogens is 255 g/mol. The van der Waals surface area contributed by atoms with Crippen LogP contribution < -0.4 is 0 Å². The quantitative estimate of drug-likeness (QED) is 0.704. The zero-order chi connectivity index (χ0) is 13.6. The summed E-state index contributed by atoms with van der Waals surface area (Å²) in [6.07, 6.45) is -0.00689. The van der Waals surface area contributed by atoms with Gasteiger partial charge in [0.25, 0.3) is 0 Å². The van der Waals surface area contributed by atoms with Crippen LogP contribution in [0.15, 0.2) is 0 Å². The minimum absolute atomic E-state index is 0.00689. The van der Waals surface area contributed by atoms with Crippen molar-refractivity contribution in [3.05, 3.63) is 11.6 Å². The average molecular weight is 274 g/mol. The van der Waals surface area contributed by atoms with Crippen molar-refractivity contribution in [3.63, 3.8) is 0 Å². The summed E-state index contributed by atoms with van der Waals surface area (Å²) >= 11 is 0. The second-order valence-electron chi connectivity index (χ2n) is 3.93. The van der Waals surface area contributed by atoms with Crippen LogP contribution in [0.3, 0.4) is 0 Å². The summed E-state index contributed by atoms with van der Waals surface area (Å²) in [7, 11) is -3.19. The van der Waals surface area contributed by atoms with E-state index in [2.05, 4.69) is 20.4 Å². The SMILES string of the molecule is CCOP(=O)(Cc1nnc(C(C)C)nn1)OCC. The molecule has 0 aliphatic heterocycles. The van der Waals surface area contributed by atoms with E-state index in [1.807, 2.05) is 13.8 Å². The third-order valence-electron chi connectivity index (χ3n) is 2.04. The Bertz CT molecular complexity index is 400. The molecule has 0 aliphatic rings. The maximum absolute atomic E-state index is 12.2. The van der Waals surface area contributed by atoms with Gasteiger partial charge in [0.15, 0.2) is 11.6 Å². The molecule has 0 aromatic carbocycles. The second-order valence-corrected chi connectivity index (χ2v) is 5.99. The van der Waals surface area contributed by atoms with Gasteiger partial charge in [-0.05, 0) is 13.8 Å². The fourth-order valence-corrected chi connectivity index (χ4v) is 2.76. The highest BCUT2D eigenvalue weighted by Gasteiger charge is 2.26. The van der Waals surface area contributed by atoms with E-state index in [0.29, 0.717) is 19.0 Å². The summed E-state index contributed by atoms with van der Waals surface area (Å²) < 4.78 is 22.5. The molecule has 0 spiro atoms. The molecule has 18 heavy (non-hydrogen) atoms. The monoisotopic (exact) mass is 274 g/mol. The highest BCUT2D eigenvalue weighted by Crippen LogP contribution is 2.50. The Balaban J connectivity index is 2.78. The van der Waals surface area contributed by atoms with Gasteiger partial charge in [-0.25, -0.2) is 0 Å². The minimum Gasteiger partial charge on any atom is -0.309 e. The first kappa shape index (κ1) is 15.1. The van der Waals surface area contributed by atoms with Gasteiger partial charge in [-0.2, -0.15) is 0 Å². The maximum Gasteiger partial charge on any atom is 0.338 e. The average Bonchev–Trinajstić information content (AvgIpc) is 2.30. The molecule has 0 aliphatic carbocycles. The molecule has 0 fully saturated rings. The molecule has 1 heterocycles. The molecule has 0 unspecified atom stereocenters. The lowest BCUT2D eigenvalue weighted by Crippen LogP contribution is -2.08. The topological polar surface area (TPSA) is 87.1 Å². The van der Waals surface area contributed by atoms with Crippen LogP contribution in [0.2, 0.25) is 0 Å². The van der Waals surface area contributed by atoms with Crippen molar-refractivity contribution in [1.29, 1.82) is 0 Å². The molecule has 0 amide bonds. The van der Waals surface area contributed by atoms with E-state index in [0.717, 1.165) is 0 Å². The van der Waals surface area contributed by atoms with E-state index in [4.69, 9.17) is 9.05 Å². The Morgan fingerprint density at radius 3 is 1.94 bits per heavy atom. The normalized spacial score (nSPS) is 12.1. The smallest absolute Gasteiger partial charge is 0.309 e. The fraction of sp³-hybridized carbons (Fsp3) is 0.800. The third kappa shape index (κ3) is 4.40. The lowest BCUT2D eigenvalue weighted by atomic mass is 10.2. The summed E-state index contributed by atoms with van der Waals surface area (Å²) in [6.45, 7) is 8.02. The van der Waals surface area contributed by atoms with Crippen LogP contribution in [0.25, 0.3) is 0 Å². The third-order valence-corrected chi connectivity index (χ3v) is 4.01. The zero-order valence-corrected chi connectivity index (χ0v) is 12.1. The van der Waals surface area contributed by atoms with Crippen molar-refractivity contribution in [3.8, 4) is 0 Å².